The molecule has 1 spiro atoms. The lowest BCUT2D eigenvalue weighted by atomic mass is 10.0. The van der Waals surface area contributed by atoms with Gasteiger partial charge in [0, 0.05) is 38.0 Å². The van der Waals surface area contributed by atoms with Gasteiger partial charge in [-0.25, -0.2) is 8.78 Å². The second-order valence-electron chi connectivity index (χ2n) is 5.59. The van der Waals surface area contributed by atoms with E-state index in [1.165, 1.54) is 0 Å². The first-order valence-corrected chi connectivity index (χ1v) is 7.21. The van der Waals surface area contributed by atoms with Crippen LogP contribution >= 0.6 is 0 Å². The van der Waals surface area contributed by atoms with Gasteiger partial charge in [0.05, 0.1) is 19.3 Å². The summed E-state index contributed by atoms with van der Waals surface area (Å²) in [4.78, 5) is 2.02. The molecule has 0 amide bonds. The second kappa shape index (κ2) is 5.96. The van der Waals surface area contributed by atoms with Gasteiger partial charge in [-0.3, -0.25) is 0 Å². The minimum atomic E-state index is -1.04. The number of nitrogens with zero attached hydrogens (tertiary/aromatic N) is 1. The Kier molecular flexibility index (Phi) is 4.21. The largest absolute Gasteiger partial charge is 0.387 e. The van der Waals surface area contributed by atoms with E-state index >= 15 is 0 Å². The molecule has 2 fully saturated rings. The molecule has 1 aromatic rings. The van der Waals surface area contributed by atoms with E-state index in [1.807, 2.05) is 4.90 Å². The number of rotatable bonds is 3. The van der Waals surface area contributed by atoms with Crippen LogP contribution in [-0.2, 0) is 9.47 Å². The van der Waals surface area contributed by atoms with E-state index in [-0.39, 0.29) is 12.1 Å². The third-order valence-corrected chi connectivity index (χ3v) is 4.18. The molecule has 2 aliphatic rings. The Hall–Kier alpha value is -1.08. The lowest BCUT2D eigenvalue weighted by Crippen LogP contribution is -2.46. The van der Waals surface area contributed by atoms with Crippen molar-refractivity contribution in [2.75, 3.05) is 32.8 Å². The third kappa shape index (κ3) is 3.23. The quantitative estimate of drug-likeness (QED) is 0.925. The summed E-state index contributed by atoms with van der Waals surface area (Å²) in [6.07, 6.45) is 0.414. The van der Waals surface area contributed by atoms with Gasteiger partial charge in [-0.15, -0.1) is 0 Å². The zero-order chi connectivity index (χ0) is 14.9. The van der Waals surface area contributed by atoms with Crippen molar-refractivity contribution in [1.82, 2.24) is 4.90 Å². The summed E-state index contributed by atoms with van der Waals surface area (Å²) in [6, 6.07) is 3.14. The fraction of sp³-hybridized carbons (Fsp3) is 0.600. The van der Waals surface area contributed by atoms with Gasteiger partial charge < -0.3 is 19.5 Å². The fourth-order valence-electron chi connectivity index (χ4n) is 2.97. The van der Waals surface area contributed by atoms with Crippen molar-refractivity contribution in [2.45, 2.75) is 24.7 Å². The SMILES string of the molecule is OC(CN1CCC2(CC1)OCCO2)c1cc(F)ccc1F. The molecule has 3 rings (SSSR count). The molecular weight excluding hydrogens is 280 g/mol. The van der Waals surface area contributed by atoms with Crippen LogP contribution in [0.3, 0.4) is 0 Å². The van der Waals surface area contributed by atoms with Gasteiger partial charge in [0.2, 0.25) is 0 Å². The molecule has 1 N–H and O–H groups in total. The van der Waals surface area contributed by atoms with Crippen LogP contribution in [0.2, 0.25) is 0 Å². The molecule has 2 saturated heterocycles. The van der Waals surface area contributed by atoms with Crippen molar-refractivity contribution in [3.05, 3.63) is 35.4 Å². The average Bonchev–Trinajstić information content (AvgIpc) is 2.93. The average molecular weight is 299 g/mol. The monoisotopic (exact) mass is 299 g/mol. The van der Waals surface area contributed by atoms with Crippen LogP contribution in [0.5, 0.6) is 0 Å². The van der Waals surface area contributed by atoms with E-state index in [0.29, 0.717) is 26.3 Å². The topological polar surface area (TPSA) is 41.9 Å². The highest BCUT2D eigenvalue weighted by Gasteiger charge is 2.40. The number of halogens is 2. The van der Waals surface area contributed by atoms with Crippen molar-refractivity contribution in [3.63, 3.8) is 0 Å². The van der Waals surface area contributed by atoms with Crippen molar-refractivity contribution in [1.29, 1.82) is 0 Å². The molecule has 0 aliphatic carbocycles. The van der Waals surface area contributed by atoms with Gasteiger partial charge >= 0.3 is 0 Å². The Bertz CT molecular complexity index is 496. The maximum absolute atomic E-state index is 13.6. The van der Waals surface area contributed by atoms with E-state index in [0.717, 1.165) is 31.0 Å². The van der Waals surface area contributed by atoms with Gasteiger partial charge in [0.25, 0.3) is 0 Å². The molecule has 1 unspecified atom stereocenters. The lowest BCUT2D eigenvalue weighted by molar-refractivity contribution is -0.186. The van der Waals surface area contributed by atoms with Crippen molar-refractivity contribution < 1.29 is 23.4 Å². The fourth-order valence-corrected chi connectivity index (χ4v) is 2.97. The van der Waals surface area contributed by atoms with Gasteiger partial charge in [-0.05, 0) is 18.2 Å². The van der Waals surface area contributed by atoms with Gasteiger partial charge in [-0.1, -0.05) is 0 Å². The highest BCUT2D eigenvalue weighted by Crippen LogP contribution is 2.32. The number of hydrogen-bond donors (Lipinski definition) is 1. The smallest absolute Gasteiger partial charge is 0.170 e. The summed E-state index contributed by atoms with van der Waals surface area (Å²) in [5.74, 6) is -1.60. The molecule has 0 radical (unpaired) electrons. The number of β-amino-alcohol motifs (C(OH)–C–C–N with tert-alkyl or cyclic N) is 1. The number of aliphatic hydroxyl groups is 1. The minimum absolute atomic E-state index is 0.00338. The van der Waals surface area contributed by atoms with Crippen LogP contribution in [0.1, 0.15) is 24.5 Å². The summed E-state index contributed by atoms with van der Waals surface area (Å²) >= 11 is 0. The van der Waals surface area contributed by atoms with Crippen LogP contribution in [0.15, 0.2) is 18.2 Å². The molecule has 6 heteroatoms. The van der Waals surface area contributed by atoms with Gasteiger partial charge in [0.15, 0.2) is 5.79 Å². The van der Waals surface area contributed by atoms with E-state index < -0.39 is 23.5 Å². The molecule has 21 heavy (non-hydrogen) atoms. The number of piperidine rings is 1. The Morgan fingerprint density at radius 1 is 1.19 bits per heavy atom. The lowest BCUT2D eigenvalue weighted by Gasteiger charge is -2.38. The summed E-state index contributed by atoms with van der Waals surface area (Å²) in [6.45, 7) is 2.92. The van der Waals surface area contributed by atoms with Crippen molar-refractivity contribution in [3.8, 4) is 0 Å². The number of ether oxygens (including phenoxy) is 2. The molecule has 1 aromatic carbocycles. The summed E-state index contributed by atoms with van der Waals surface area (Å²) in [7, 11) is 0. The Labute approximate surface area is 122 Å². The summed E-state index contributed by atoms with van der Waals surface area (Å²) < 4.78 is 38.1. The highest BCUT2D eigenvalue weighted by molar-refractivity contribution is 5.21. The Morgan fingerprint density at radius 2 is 1.86 bits per heavy atom. The number of benzene rings is 1. The number of aliphatic hydroxyl groups excluding tert-OH is 1. The minimum Gasteiger partial charge on any atom is -0.387 e. The van der Waals surface area contributed by atoms with Crippen molar-refractivity contribution >= 4 is 0 Å². The van der Waals surface area contributed by atoms with E-state index in [1.54, 1.807) is 0 Å². The highest BCUT2D eigenvalue weighted by atomic mass is 19.1. The molecular formula is C15H19F2NO3. The number of likely N-dealkylation sites (tertiary alicyclic amines) is 1. The zero-order valence-corrected chi connectivity index (χ0v) is 11.7. The first-order valence-electron chi connectivity index (χ1n) is 7.21. The van der Waals surface area contributed by atoms with E-state index in [2.05, 4.69) is 0 Å². The third-order valence-electron chi connectivity index (χ3n) is 4.18. The molecule has 0 bridgehead atoms. The standard InChI is InChI=1S/C15H19F2NO3/c16-11-1-2-13(17)12(9-11)14(19)10-18-5-3-15(4-6-18)20-7-8-21-15/h1-2,9,14,19H,3-8,10H2. The van der Waals surface area contributed by atoms with E-state index in [4.69, 9.17) is 9.47 Å². The second-order valence-corrected chi connectivity index (χ2v) is 5.59. The Balaban J connectivity index is 1.58. The van der Waals surface area contributed by atoms with Gasteiger partial charge in [-0.2, -0.15) is 0 Å². The predicted octanol–water partition coefficient (Wildman–Crippen LogP) is 1.84. The zero-order valence-electron chi connectivity index (χ0n) is 11.7. The molecule has 116 valence electrons. The predicted molar refractivity (Wildman–Crippen MR) is 71.6 cm³/mol. The van der Waals surface area contributed by atoms with Gasteiger partial charge in [0.1, 0.15) is 11.6 Å². The molecule has 0 saturated carbocycles. The summed E-state index contributed by atoms with van der Waals surface area (Å²) in [5.41, 5.74) is 0.00338. The molecule has 0 aromatic heterocycles. The maximum Gasteiger partial charge on any atom is 0.170 e. The molecule has 4 nitrogen and oxygen atoms in total. The van der Waals surface area contributed by atoms with Crippen LogP contribution in [-0.4, -0.2) is 48.6 Å². The van der Waals surface area contributed by atoms with Crippen LogP contribution in [0, 0.1) is 11.6 Å². The first-order chi connectivity index (χ1) is 10.1. The maximum atomic E-state index is 13.6. The molecule has 2 heterocycles. The molecule has 1 atom stereocenters. The Morgan fingerprint density at radius 3 is 2.52 bits per heavy atom. The van der Waals surface area contributed by atoms with Crippen LogP contribution in [0.4, 0.5) is 8.78 Å². The normalized spacial score (nSPS) is 23.6. The van der Waals surface area contributed by atoms with Crippen molar-refractivity contribution in [2.24, 2.45) is 0 Å². The molecule has 2 aliphatic heterocycles. The van der Waals surface area contributed by atoms with Crippen LogP contribution in [0.25, 0.3) is 0 Å². The van der Waals surface area contributed by atoms with E-state index in [9.17, 15) is 13.9 Å². The summed E-state index contributed by atoms with van der Waals surface area (Å²) in [5, 5.41) is 10.1. The number of hydrogen-bond acceptors (Lipinski definition) is 4. The first kappa shape index (κ1) is 14.8. The van der Waals surface area contributed by atoms with Crippen LogP contribution < -0.4 is 0 Å².